The van der Waals surface area contributed by atoms with Gasteiger partial charge in [0.2, 0.25) is 0 Å². The van der Waals surface area contributed by atoms with Gasteiger partial charge in [0.15, 0.2) is 0 Å². The van der Waals surface area contributed by atoms with E-state index in [4.69, 9.17) is 10.7 Å². The number of hydrogen-bond donors (Lipinski definition) is 1. The van der Waals surface area contributed by atoms with Crippen LogP contribution >= 0.6 is 0 Å². The predicted octanol–water partition coefficient (Wildman–Crippen LogP) is 2.51. The van der Waals surface area contributed by atoms with E-state index in [1.54, 1.807) is 0 Å². The fourth-order valence-corrected chi connectivity index (χ4v) is 2.48. The molecule has 0 aliphatic heterocycles. The maximum atomic E-state index is 5.63. The van der Waals surface area contributed by atoms with Crippen LogP contribution in [0.25, 0.3) is 16.8 Å². The van der Waals surface area contributed by atoms with Gasteiger partial charge in [-0.15, -0.1) is 0 Å². The van der Waals surface area contributed by atoms with Crippen molar-refractivity contribution in [2.45, 2.75) is 20.3 Å². The van der Waals surface area contributed by atoms with Crippen molar-refractivity contribution in [3.63, 3.8) is 0 Å². The Balaban J connectivity index is 2.26. The first-order valence-corrected chi connectivity index (χ1v) is 6.80. The van der Waals surface area contributed by atoms with Crippen molar-refractivity contribution in [1.29, 1.82) is 0 Å². The molecule has 20 heavy (non-hydrogen) atoms. The Hall–Kier alpha value is -2.20. The first-order chi connectivity index (χ1) is 9.70. The maximum absolute atomic E-state index is 5.63. The van der Waals surface area contributed by atoms with Gasteiger partial charge in [-0.1, -0.05) is 24.3 Å². The topological polar surface area (TPSA) is 56.2 Å². The lowest BCUT2D eigenvalue weighted by Crippen LogP contribution is -2.02. The largest absolute Gasteiger partial charge is 0.330 e. The summed E-state index contributed by atoms with van der Waals surface area (Å²) in [5.74, 6) is 0.938. The molecule has 0 radical (unpaired) electrons. The molecule has 0 amide bonds. The number of fused-ring (bicyclic) bond motifs is 1. The molecule has 1 aromatic carbocycles. The zero-order valence-electron chi connectivity index (χ0n) is 11.8. The first kappa shape index (κ1) is 12.8. The number of nitrogens with two attached hydrogens (primary N) is 1. The Morgan fingerprint density at radius 3 is 2.70 bits per heavy atom. The van der Waals surface area contributed by atoms with Gasteiger partial charge in [0.25, 0.3) is 0 Å². The standard InChI is InChI=1S/C16H18N4/c1-11-5-3-4-6-14(11)15-9-18-12(2)20-10-13(7-8-17)19-16(15)20/h3-6,9-10H,7-8,17H2,1-2H3. The van der Waals surface area contributed by atoms with Crippen molar-refractivity contribution in [3.8, 4) is 11.1 Å². The summed E-state index contributed by atoms with van der Waals surface area (Å²) in [6.45, 7) is 4.70. The Labute approximate surface area is 118 Å². The highest BCUT2D eigenvalue weighted by molar-refractivity contribution is 5.79. The third-order valence-corrected chi connectivity index (χ3v) is 3.56. The van der Waals surface area contributed by atoms with Crippen LogP contribution in [-0.2, 0) is 6.42 Å². The lowest BCUT2D eigenvalue weighted by atomic mass is 10.0. The van der Waals surface area contributed by atoms with Crippen molar-refractivity contribution in [2.24, 2.45) is 5.73 Å². The summed E-state index contributed by atoms with van der Waals surface area (Å²) in [4.78, 5) is 9.21. The van der Waals surface area contributed by atoms with Gasteiger partial charge in [0, 0.05) is 24.4 Å². The van der Waals surface area contributed by atoms with E-state index in [1.165, 1.54) is 11.1 Å². The molecular weight excluding hydrogens is 248 g/mol. The molecule has 2 N–H and O–H groups in total. The minimum Gasteiger partial charge on any atom is -0.330 e. The molecule has 0 fully saturated rings. The maximum Gasteiger partial charge on any atom is 0.147 e. The van der Waals surface area contributed by atoms with Gasteiger partial charge in [-0.25, -0.2) is 9.97 Å². The number of rotatable bonds is 3. The summed E-state index contributed by atoms with van der Waals surface area (Å²) in [6, 6.07) is 8.31. The molecule has 3 aromatic rings. The number of imidazole rings is 1. The summed E-state index contributed by atoms with van der Waals surface area (Å²) in [5, 5.41) is 0. The minimum atomic E-state index is 0.607. The van der Waals surface area contributed by atoms with Gasteiger partial charge in [-0.2, -0.15) is 0 Å². The van der Waals surface area contributed by atoms with Gasteiger partial charge in [-0.3, -0.25) is 4.40 Å². The fraction of sp³-hybridized carbons (Fsp3) is 0.250. The highest BCUT2D eigenvalue weighted by atomic mass is 15.1. The van der Waals surface area contributed by atoms with Gasteiger partial charge < -0.3 is 5.73 Å². The van der Waals surface area contributed by atoms with Crippen LogP contribution in [0.4, 0.5) is 0 Å². The lowest BCUT2D eigenvalue weighted by molar-refractivity contribution is 0.933. The van der Waals surface area contributed by atoms with Crippen LogP contribution in [0.2, 0.25) is 0 Å². The molecule has 0 saturated carbocycles. The molecule has 3 rings (SSSR count). The number of nitrogens with zero attached hydrogens (tertiary/aromatic N) is 3. The molecular formula is C16H18N4. The van der Waals surface area contributed by atoms with Crippen molar-refractivity contribution >= 4 is 5.65 Å². The van der Waals surface area contributed by atoms with E-state index in [1.807, 2.05) is 35.9 Å². The Bertz CT molecular complexity index is 758. The quantitative estimate of drug-likeness (QED) is 0.792. The molecule has 0 bridgehead atoms. The number of aromatic nitrogens is 3. The molecule has 102 valence electrons. The van der Waals surface area contributed by atoms with E-state index in [2.05, 4.69) is 24.0 Å². The molecule has 2 heterocycles. The third-order valence-electron chi connectivity index (χ3n) is 3.56. The second-order valence-electron chi connectivity index (χ2n) is 5.00. The first-order valence-electron chi connectivity index (χ1n) is 6.80. The Kier molecular flexibility index (Phi) is 3.24. The molecule has 2 aromatic heterocycles. The second-order valence-corrected chi connectivity index (χ2v) is 5.00. The Morgan fingerprint density at radius 1 is 1.15 bits per heavy atom. The van der Waals surface area contributed by atoms with E-state index in [0.29, 0.717) is 6.54 Å². The van der Waals surface area contributed by atoms with Crippen molar-refractivity contribution < 1.29 is 0 Å². The highest BCUT2D eigenvalue weighted by Crippen LogP contribution is 2.27. The van der Waals surface area contributed by atoms with Crippen LogP contribution in [0.5, 0.6) is 0 Å². The van der Waals surface area contributed by atoms with Crippen molar-refractivity contribution in [3.05, 3.63) is 53.7 Å². The fourth-order valence-electron chi connectivity index (χ4n) is 2.48. The van der Waals surface area contributed by atoms with E-state index in [-0.39, 0.29) is 0 Å². The molecule has 0 unspecified atom stereocenters. The summed E-state index contributed by atoms with van der Waals surface area (Å²) < 4.78 is 2.05. The zero-order chi connectivity index (χ0) is 14.1. The SMILES string of the molecule is Cc1ccccc1-c1cnc(C)n2cc(CCN)nc12. The summed E-state index contributed by atoms with van der Waals surface area (Å²) >= 11 is 0. The number of aryl methyl sites for hydroxylation is 2. The van der Waals surface area contributed by atoms with Gasteiger partial charge in [-0.05, 0) is 31.5 Å². The molecule has 4 heteroatoms. The summed E-state index contributed by atoms with van der Waals surface area (Å²) in [7, 11) is 0. The van der Waals surface area contributed by atoms with Gasteiger partial charge >= 0.3 is 0 Å². The summed E-state index contributed by atoms with van der Waals surface area (Å²) in [6.07, 6.45) is 4.73. The molecule has 0 spiro atoms. The monoisotopic (exact) mass is 266 g/mol. The van der Waals surface area contributed by atoms with Crippen molar-refractivity contribution in [1.82, 2.24) is 14.4 Å². The van der Waals surface area contributed by atoms with Crippen LogP contribution in [0.3, 0.4) is 0 Å². The smallest absolute Gasteiger partial charge is 0.147 e. The average Bonchev–Trinajstić information content (AvgIpc) is 2.86. The predicted molar refractivity (Wildman–Crippen MR) is 80.7 cm³/mol. The zero-order valence-corrected chi connectivity index (χ0v) is 11.8. The number of benzene rings is 1. The summed E-state index contributed by atoms with van der Waals surface area (Å²) in [5.41, 5.74) is 11.1. The number of hydrogen-bond acceptors (Lipinski definition) is 3. The van der Waals surface area contributed by atoms with Crippen LogP contribution in [-0.4, -0.2) is 20.9 Å². The van der Waals surface area contributed by atoms with Crippen LogP contribution in [0, 0.1) is 13.8 Å². The molecule has 0 aliphatic rings. The normalized spacial score (nSPS) is 11.2. The van der Waals surface area contributed by atoms with Crippen LogP contribution < -0.4 is 5.73 Å². The van der Waals surface area contributed by atoms with Gasteiger partial charge in [0.1, 0.15) is 11.5 Å². The lowest BCUT2D eigenvalue weighted by Gasteiger charge is -2.08. The second kappa shape index (κ2) is 5.06. The van der Waals surface area contributed by atoms with Crippen LogP contribution in [0.15, 0.2) is 36.7 Å². The minimum absolute atomic E-state index is 0.607. The molecule has 0 saturated heterocycles. The molecule has 4 nitrogen and oxygen atoms in total. The Morgan fingerprint density at radius 2 is 1.95 bits per heavy atom. The molecule has 0 aliphatic carbocycles. The van der Waals surface area contributed by atoms with Crippen LogP contribution in [0.1, 0.15) is 17.1 Å². The molecule has 0 atom stereocenters. The van der Waals surface area contributed by atoms with E-state index >= 15 is 0 Å². The average molecular weight is 266 g/mol. The van der Waals surface area contributed by atoms with Crippen molar-refractivity contribution in [2.75, 3.05) is 6.54 Å². The van der Waals surface area contributed by atoms with E-state index in [0.717, 1.165) is 29.1 Å². The third kappa shape index (κ3) is 2.08. The van der Waals surface area contributed by atoms with E-state index in [9.17, 15) is 0 Å². The highest BCUT2D eigenvalue weighted by Gasteiger charge is 2.12. The van der Waals surface area contributed by atoms with Gasteiger partial charge in [0.05, 0.1) is 5.69 Å². The van der Waals surface area contributed by atoms with E-state index < -0.39 is 0 Å².